The van der Waals surface area contributed by atoms with Gasteiger partial charge in [-0.2, -0.15) is 5.10 Å². The molecule has 3 rings (SSSR count). The maximum absolute atomic E-state index is 4.87. The third kappa shape index (κ3) is 5.63. The van der Waals surface area contributed by atoms with Crippen LogP contribution in [-0.2, 0) is 13.1 Å². The number of anilines is 1. The highest BCUT2D eigenvalue weighted by Crippen LogP contribution is 2.28. The number of halogens is 2. The molecule has 0 bridgehead atoms. The quantitative estimate of drug-likeness (QED) is 0.760. The van der Waals surface area contributed by atoms with Crippen LogP contribution in [0.15, 0.2) is 30.3 Å². The highest BCUT2D eigenvalue weighted by atomic mass is 35.5. The van der Waals surface area contributed by atoms with E-state index in [0.717, 1.165) is 24.7 Å². The Morgan fingerprint density at radius 3 is 2.31 bits per heavy atom. The van der Waals surface area contributed by atoms with Crippen LogP contribution in [0.25, 0.3) is 11.3 Å². The standard InChI is InChI=1S/C20H30N4.2ClH/c1-21-14-18-13-20(17-9-11-19(12-10-17)23(2)3)24(22-18)15-16-7-5-4-6-8-16;;/h9-13,16,21H,4-8,14-15H2,1-3H3;2*1H. The van der Waals surface area contributed by atoms with Gasteiger partial charge in [-0.3, -0.25) is 4.68 Å². The Morgan fingerprint density at radius 1 is 1.08 bits per heavy atom. The summed E-state index contributed by atoms with van der Waals surface area (Å²) in [5.74, 6) is 0.779. The van der Waals surface area contributed by atoms with E-state index in [1.54, 1.807) is 0 Å². The lowest BCUT2D eigenvalue weighted by molar-refractivity contribution is 0.309. The third-order valence-electron chi connectivity index (χ3n) is 5.02. The molecular formula is C20H32Cl2N4. The summed E-state index contributed by atoms with van der Waals surface area (Å²) in [5, 5.41) is 8.09. The lowest BCUT2D eigenvalue weighted by Crippen LogP contribution is -2.16. The van der Waals surface area contributed by atoms with Gasteiger partial charge in [0.05, 0.1) is 11.4 Å². The average molecular weight is 399 g/mol. The molecule has 1 heterocycles. The predicted octanol–water partition coefficient (Wildman–Crippen LogP) is 4.76. The Hall–Kier alpha value is -1.23. The molecule has 146 valence electrons. The van der Waals surface area contributed by atoms with E-state index in [-0.39, 0.29) is 24.8 Å². The predicted molar refractivity (Wildman–Crippen MR) is 116 cm³/mol. The van der Waals surface area contributed by atoms with Gasteiger partial charge in [-0.05, 0) is 49.6 Å². The number of aromatic nitrogens is 2. The van der Waals surface area contributed by atoms with Gasteiger partial charge in [-0.25, -0.2) is 0 Å². The maximum Gasteiger partial charge on any atom is 0.0768 e. The van der Waals surface area contributed by atoms with Crippen molar-refractivity contribution in [3.05, 3.63) is 36.0 Å². The summed E-state index contributed by atoms with van der Waals surface area (Å²) in [6.07, 6.45) is 6.85. The zero-order valence-corrected chi connectivity index (χ0v) is 17.7. The van der Waals surface area contributed by atoms with E-state index in [9.17, 15) is 0 Å². The first-order chi connectivity index (χ1) is 11.7. The van der Waals surface area contributed by atoms with E-state index in [0.29, 0.717) is 0 Å². The maximum atomic E-state index is 4.87. The lowest BCUT2D eigenvalue weighted by atomic mass is 9.89. The first-order valence-corrected chi connectivity index (χ1v) is 9.16. The van der Waals surface area contributed by atoms with Crippen LogP contribution in [0, 0.1) is 5.92 Å². The lowest BCUT2D eigenvalue weighted by Gasteiger charge is -2.22. The molecule has 1 N–H and O–H groups in total. The number of nitrogens with zero attached hydrogens (tertiary/aromatic N) is 3. The first kappa shape index (κ1) is 22.8. The summed E-state index contributed by atoms with van der Waals surface area (Å²) >= 11 is 0. The fourth-order valence-electron chi connectivity index (χ4n) is 3.65. The molecule has 26 heavy (non-hydrogen) atoms. The average Bonchev–Trinajstić information content (AvgIpc) is 2.98. The zero-order chi connectivity index (χ0) is 16.9. The zero-order valence-electron chi connectivity index (χ0n) is 16.1. The molecule has 2 aromatic rings. The van der Waals surface area contributed by atoms with Crippen LogP contribution in [0.5, 0.6) is 0 Å². The second-order valence-corrected chi connectivity index (χ2v) is 7.18. The second kappa shape index (κ2) is 10.8. The topological polar surface area (TPSA) is 33.1 Å². The Kier molecular flexibility index (Phi) is 9.48. The van der Waals surface area contributed by atoms with Crippen LogP contribution in [0.3, 0.4) is 0 Å². The minimum absolute atomic E-state index is 0. The van der Waals surface area contributed by atoms with Crippen LogP contribution in [-0.4, -0.2) is 30.9 Å². The van der Waals surface area contributed by atoms with E-state index in [1.807, 2.05) is 7.05 Å². The monoisotopic (exact) mass is 398 g/mol. The smallest absolute Gasteiger partial charge is 0.0768 e. The minimum Gasteiger partial charge on any atom is -0.378 e. The van der Waals surface area contributed by atoms with Crippen molar-refractivity contribution >= 4 is 30.5 Å². The second-order valence-electron chi connectivity index (χ2n) is 7.18. The summed E-state index contributed by atoms with van der Waals surface area (Å²) in [6, 6.07) is 11.0. The van der Waals surface area contributed by atoms with E-state index in [2.05, 4.69) is 59.3 Å². The molecule has 1 fully saturated rings. The van der Waals surface area contributed by atoms with Crippen molar-refractivity contribution in [2.45, 2.75) is 45.2 Å². The van der Waals surface area contributed by atoms with Crippen LogP contribution in [0.4, 0.5) is 5.69 Å². The van der Waals surface area contributed by atoms with Crippen molar-refractivity contribution in [3.63, 3.8) is 0 Å². The summed E-state index contributed by atoms with van der Waals surface area (Å²) in [6.45, 7) is 1.87. The summed E-state index contributed by atoms with van der Waals surface area (Å²) in [5.41, 5.74) is 4.86. The van der Waals surface area contributed by atoms with Crippen molar-refractivity contribution in [3.8, 4) is 11.3 Å². The molecule has 1 aromatic heterocycles. The van der Waals surface area contributed by atoms with Gasteiger partial charge >= 0.3 is 0 Å². The van der Waals surface area contributed by atoms with Gasteiger partial charge in [-0.15, -0.1) is 24.8 Å². The fourth-order valence-corrected chi connectivity index (χ4v) is 3.65. The molecular weight excluding hydrogens is 367 g/mol. The normalized spacial score (nSPS) is 14.4. The Balaban J connectivity index is 0.00000169. The third-order valence-corrected chi connectivity index (χ3v) is 5.02. The number of hydrogen-bond acceptors (Lipinski definition) is 3. The van der Waals surface area contributed by atoms with Crippen LogP contribution in [0.2, 0.25) is 0 Å². The van der Waals surface area contributed by atoms with Gasteiger partial charge in [0.25, 0.3) is 0 Å². The number of hydrogen-bond donors (Lipinski definition) is 1. The summed E-state index contributed by atoms with van der Waals surface area (Å²) < 4.78 is 2.24. The SMILES string of the molecule is CNCc1cc(-c2ccc(N(C)C)cc2)n(CC2CCCCC2)n1.Cl.Cl. The molecule has 0 aliphatic heterocycles. The molecule has 0 amide bonds. The van der Waals surface area contributed by atoms with E-state index < -0.39 is 0 Å². The van der Waals surface area contributed by atoms with Gasteiger partial charge < -0.3 is 10.2 Å². The van der Waals surface area contributed by atoms with Gasteiger partial charge in [0, 0.05) is 32.9 Å². The van der Waals surface area contributed by atoms with Crippen molar-refractivity contribution in [2.24, 2.45) is 5.92 Å². The van der Waals surface area contributed by atoms with Crippen molar-refractivity contribution in [2.75, 3.05) is 26.0 Å². The molecule has 6 heteroatoms. The molecule has 0 spiro atoms. The highest BCUT2D eigenvalue weighted by molar-refractivity contribution is 5.85. The summed E-state index contributed by atoms with van der Waals surface area (Å²) in [7, 11) is 6.13. The van der Waals surface area contributed by atoms with Gasteiger partial charge in [-0.1, -0.05) is 31.4 Å². The van der Waals surface area contributed by atoms with Crippen molar-refractivity contribution < 1.29 is 0 Å². The molecule has 0 radical (unpaired) electrons. The number of nitrogens with one attached hydrogen (secondary N) is 1. The Bertz CT molecular complexity index is 646. The number of rotatable bonds is 6. The van der Waals surface area contributed by atoms with E-state index in [1.165, 1.54) is 49.0 Å². The van der Waals surface area contributed by atoms with Crippen molar-refractivity contribution in [1.29, 1.82) is 0 Å². The van der Waals surface area contributed by atoms with Crippen molar-refractivity contribution in [1.82, 2.24) is 15.1 Å². The number of benzene rings is 1. The van der Waals surface area contributed by atoms with Crippen LogP contribution >= 0.6 is 24.8 Å². The largest absolute Gasteiger partial charge is 0.378 e. The van der Waals surface area contributed by atoms with Gasteiger partial charge in [0.2, 0.25) is 0 Å². The molecule has 1 aliphatic carbocycles. The minimum atomic E-state index is 0. The van der Waals surface area contributed by atoms with E-state index in [4.69, 9.17) is 5.10 Å². The highest BCUT2D eigenvalue weighted by Gasteiger charge is 2.17. The molecule has 1 saturated carbocycles. The molecule has 1 aromatic carbocycles. The van der Waals surface area contributed by atoms with Crippen LogP contribution in [0.1, 0.15) is 37.8 Å². The van der Waals surface area contributed by atoms with Gasteiger partial charge in [0.1, 0.15) is 0 Å². The first-order valence-electron chi connectivity index (χ1n) is 9.16. The summed E-state index contributed by atoms with van der Waals surface area (Å²) in [4.78, 5) is 2.13. The Morgan fingerprint density at radius 2 is 1.73 bits per heavy atom. The molecule has 4 nitrogen and oxygen atoms in total. The molecule has 0 atom stereocenters. The Labute approximate surface area is 170 Å². The van der Waals surface area contributed by atoms with E-state index >= 15 is 0 Å². The van der Waals surface area contributed by atoms with Crippen LogP contribution < -0.4 is 10.2 Å². The molecule has 0 unspecified atom stereocenters. The fraction of sp³-hybridized carbons (Fsp3) is 0.550. The molecule has 0 saturated heterocycles. The van der Waals surface area contributed by atoms with Gasteiger partial charge in [0.15, 0.2) is 0 Å². The molecule has 1 aliphatic rings.